The van der Waals surface area contributed by atoms with Gasteiger partial charge in [0.1, 0.15) is 70.1 Å². The number of benzene rings is 11. The molecule has 11 aromatic carbocycles. The summed E-state index contributed by atoms with van der Waals surface area (Å²) in [6.45, 7) is 9.59. The van der Waals surface area contributed by atoms with Crippen molar-refractivity contribution >= 4 is 110 Å². The zero-order chi connectivity index (χ0) is 101. The van der Waals surface area contributed by atoms with Gasteiger partial charge in [-0.05, 0) is 158 Å². The minimum absolute atomic E-state index is 0.00292. The molecule has 0 spiro atoms. The molecule has 3 saturated heterocycles. The Bertz CT molecular complexity index is 7300. The molecule has 3 aliphatic heterocycles. The molecule has 0 saturated carbocycles. The second-order valence-electron chi connectivity index (χ2n) is 33.3. The lowest BCUT2D eigenvalue weighted by Crippen LogP contribution is -2.49. The minimum atomic E-state index is -1.60. The molecule has 5 heterocycles. The summed E-state index contributed by atoms with van der Waals surface area (Å²) in [6.07, 6.45) is 0. The van der Waals surface area contributed by atoms with E-state index in [1.807, 2.05) is 49.4 Å². The number of aromatic amines is 1. The lowest BCUT2D eigenvalue weighted by Gasteiger charge is -2.27. The molecule has 8 aliphatic rings. The Morgan fingerprint density at radius 3 is 1.24 bits per heavy atom. The number of hydrazine groups is 3. The topological polar surface area (TPSA) is 554 Å². The largest absolute Gasteiger partial charge is 0.508 e. The Morgan fingerprint density at radius 1 is 0.413 bits per heavy atom. The number of rotatable bonds is 19. The van der Waals surface area contributed by atoms with E-state index >= 15 is 0 Å². The number of hydrogen-bond acceptors (Lipinski definition) is 30. The van der Waals surface area contributed by atoms with Crippen LogP contribution in [-0.2, 0) is 27.4 Å². The van der Waals surface area contributed by atoms with Crippen molar-refractivity contribution in [1.82, 2.24) is 51.3 Å². The number of phenolic OH excluding ortho intramolecular Hbond substituents is 4. The highest BCUT2D eigenvalue weighted by Gasteiger charge is 2.50. The third kappa shape index (κ3) is 20.2. The highest BCUT2D eigenvalue weighted by Crippen LogP contribution is 2.47. The number of aromatic hydroxyl groups is 4. The summed E-state index contributed by atoms with van der Waals surface area (Å²) in [6, 6.07) is 61.9. The number of phenols is 4. The van der Waals surface area contributed by atoms with Crippen molar-refractivity contribution in [3.8, 4) is 73.8 Å². The summed E-state index contributed by atoms with van der Waals surface area (Å²) >= 11 is 0. The molecule has 722 valence electrons. The molecular formula is C104H87N15O24. The number of nitrogen functional groups attached to an aromatic ring is 1. The maximum absolute atomic E-state index is 13.6. The van der Waals surface area contributed by atoms with E-state index in [2.05, 4.69) is 42.4 Å². The zero-order valence-electron chi connectivity index (χ0n) is 75.9. The molecule has 0 radical (unpaired) electrons. The zero-order valence-corrected chi connectivity index (χ0v) is 75.9. The standard InChI is InChI=1S/C23H23N5O4.C23H15NO6.C21H19N5O4.C21H19N3O6.C16H11NO4/c1-2-28-21(14-6-8-15(29)9-7-14)19-20(25-28)16-4-3-5-17(18(16)22(19)30)24-23(31)26-27-10-12-32-13-11-27;25-21(15-9-11-16(12-10-15)30-13-14-5-2-1-3-6-14)20-22(26)17-7-4-8-18(24(28)29)19(17)23(20)27;27-13-6-4-12(5-7-13)18-17-19(24-23-18)14-2-1-3-15(16(14)20(17)28)22-21(29)25-26-8-10-30-11-9-26;25-13-6-4-12(5-7-13)18(26)17-19(27)14-2-1-3-15(16(14)20(17)28)22-21(29)23-24-8-10-30-11-9-24;17-11-3-1-2-10-12(11)16(21)13(15(10)20)14(19)8-4-6-9(18)7-5-8/h3-9,29H,2,10-13H2,1H3,(H2,24,26,31);1-12,20H,13H2;1-7,27H,8-11H2,(H,23,24)(H2,22,25,29);1-7,17,25H,8-11H2,(H2,22,23,29);1-7,13,18H,17H2. The van der Waals surface area contributed by atoms with Crippen molar-refractivity contribution in [3.05, 3.63) is 331 Å². The van der Waals surface area contributed by atoms with Gasteiger partial charge in [0.25, 0.3) is 5.69 Å². The van der Waals surface area contributed by atoms with Gasteiger partial charge in [-0.2, -0.15) is 10.2 Å². The molecule has 2 aromatic heterocycles. The van der Waals surface area contributed by atoms with Crippen LogP contribution in [0.3, 0.4) is 0 Å². The van der Waals surface area contributed by atoms with E-state index in [4.69, 9.17) is 29.8 Å². The highest BCUT2D eigenvalue weighted by atomic mass is 16.6. The summed E-state index contributed by atoms with van der Waals surface area (Å²) in [7, 11) is 0. The number of morpholine rings is 3. The number of Topliss-reactive ketones (excluding diaryl/α,β-unsaturated/α-hetero) is 9. The molecule has 13 aromatic rings. The summed E-state index contributed by atoms with van der Waals surface area (Å²) in [5, 5.41) is 74.4. The number of nitrogens with two attached hydrogens (primary N) is 1. The van der Waals surface area contributed by atoms with Crippen LogP contribution in [0, 0.1) is 27.9 Å². The van der Waals surface area contributed by atoms with Gasteiger partial charge < -0.3 is 61.1 Å². The van der Waals surface area contributed by atoms with Crippen molar-refractivity contribution in [2.45, 2.75) is 20.1 Å². The number of carbonyl (C=O) groups is 14. The number of urea groups is 3. The van der Waals surface area contributed by atoms with Gasteiger partial charge in [0, 0.05) is 113 Å². The third-order valence-corrected chi connectivity index (χ3v) is 24.4. The van der Waals surface area contributed by atoms with E-state index in [1.54, 1.807) is 117 Å². The van der Waals surface area contributed by atoms with E-state index in [0.717, 1.165) is 17.2 Å². The number of aryl methyl sites for hydroxylation is 1. The van der Waals surface area contributed by atoms with E-state index in [-0.39, 0.29) is 96.0 Å². The lowest BCUT2D eigenvalue weighted by atomic mass is 9.93. The number of H-pyrrole nitrogens is 1. The van der Waals surface area contributed by atoms with Gasteiger partial charge in [0.2, 0.25) is 0 Å². The minimum Gasteiger partial charge on any atom is -0.508 e. The van der Waals surface area contributed by atoms with Crippen molar-refractivity contribution in [1.29, 1.82) is 0 Å². The number of fused-ring (bicyclic) bond motifs is 9. The number of ketones is 11. The number of nitro benzene ring substituents is 1. The van der Waals surface area contributed by atoms with Crippen LogP contribution in [0.5, 0.6) is 28.7 Å². The average Bonchev–Trinajstić information content (AvgIpc) is 1.58. The Labute approximate surface area is 811 Å². The normalized spacial score (nSPS) is 16.2. The second-order valence-corrected chi connectivity index (χ2v) is 33.3. The molecule has 39 nitrogen and oxygen atoms in total. The van der Waals surface area contributed by atoms with Gasteiger partial charge >= 0.3 is 18.1 Å². The highest BCUT2D eigenvalue weighted by molar-refractivity contribution is 6.41. The number of amides is 6. The van der Waals surface area contributed by atoms with Crippen molar-refractivity contribution < 1.29 is 111 Å². The summed E-state index contributed by atoms with van der Waals surface area (Å²) in [5.41, 5.74) is 23.4. The van der Waals surface area contributed by atoms with Crippen molar-refractivity contribution in [2.75, 3.05) is 101 Å². The van der Waals surface area contributed by atoms with Crippen LogP contribution in [-0.4, -0.2) is 221 Å². The van der Waals surface area contributed by atoms with Crippen LogP contribution in [0.2, 0.25) is 0 Å². The van der Waals surface area contributed by atoms with Crippen LogP contribution in [0.1, 0.15) is 138 Å². The molecule has 21 rings (SSSR count). The number of nitrogens with zero attached hydrogens (tertiary/aromatic N) is 7. The third-order valence-electron chi connectivity index (χ3n) is 24.4. The van der Waals surface area contributed by atoms with E-state index in [0.29, 0.717) is 171 Å². The lowest BCUT2D eigenvalue weighted by molar-refractivity contribution is -0.385. The molecule has 3 atom stereocenters. The van der Waals surface area contributed by atoms with Crippen LogP contribution in [0.15, 0.2) is 243 Å². The molecule has 143 heavy (non-hydrogen) atoms. The maximum Gasteiger partial charge on any atom is 0.333 e. The SMILES string of the molecule is CCn1nc2c(c1-c1ccc(O)cc1)C(=O)c1c(NC(=O)NN3CCOCC3)cccc1-2.Nc1cccc2c1C(=O)C(C(=O)c1ccc(O)cc1)C2=O.O=C(Nc1cccc2c1C(=O)C(C(=O)c1ccc(O)cc1)C2=O)NN1CCOCC1.O=C(Nc1cccc2c1C(=O)c1c(-c3ccc(O)cc3)n[nH]c1-2)NN1CCOCC1.O=C(c1ccc(OCc2ccccc2)cc1)C1C(=O)c2cccc([N+](=O)[O-])c2C1=O. The van der Waals surface area contributed by atoms with Gasteiger partial charge in [-0.3, -0.25) is 88.9 Å². The summed E-state index contributed by atoms with van der Waals surface area (Å²) in [5.74, 6) is -9.91. The van der Waals surface area contributed by atoms with E-state index in [9.17, 15) is 97.7 Å². The number of ether oxygens (including phenoxy) is 4. The predicted molar refractivity (Wildman–Crippen MR) is 515 cm³/mol. The molecule has 39 heteroatoms. The first-order chi connectivity index (χ1) is 69.1. The molecule has 0 bridgehead atoms. The van der Waals surface area contributed by atoms with Crippen molar-refractivity contribution in [2.24, 2.45) is 17.8 Å². The first-order valence-electron chi connectivity index (χ1n) is 45.0. The molecule has 3 unspecified atom stereocenters. The van der Waals surface area contributed by atoms with Gasteiger partial charge in [0.15, 0.2) is 63.6 Å². The fourth-order valence-electron chi connectivity index (χ4n) is 17.5. The van der Waals surface area contributed by atoms with Crippen LogP contribution in [0.4, 0.5) is 42.8 Å². The first-order valence-corrected chi connectivity index (χ1v) is 45.0. The number of anilines is 4. The number of nitro groups is 1. The van der Waals surface area contributed by atoms with Gasteiger partial charge in [0.05, 0.1) is 106 Å². The van der Waals surface area contributed by atoms with Gasteiger partial charge in [-0.25, -0.2) is 29.4 Å². The fraction of sp³-hybridized carbons (Fsp3) is 0.173. The Balaban J connectivity index is 0.000000123. The van der Waals surface area contributed by atoms with Crippen LogP contribution >= 0.6 is 0 Å². The molecular weight excluding hydrogens is 1840 g/mol. The predicted octanol–water partition coefficient (Wildman–Crippen LogP) is 12.8. The number of carbonyl (C=O) groups excluding carboxylic acids is 14. The van der Waals surface area contributed by atoms with Gasteiger partial charge in [-0.15, -0.1) is 0 Å². The summed E-state index contributed by atoms with van der Waals surface area (Å²) < 4.78 is 23.3. The number of hydrogen-bond donors (Lipinski definition) is 12. The first kappa shape index (κ1) is 96.7. The Hall–Kier alpha value is -18.0. The quantitative estimate of drug-likeness (QED) is 0.0118. The summed E-state index contributed by atoms with van der Waals surface area (Å²) in [4.78, 5) is 189. The molecule has 6 amide bonds. The Kier molecular flexibility index (Phi) is 28.5. The fourth-order valence-corrected chi connectivity index (χ4v) is 17.5. The molecule has 3 fully saturated rings. The molecule has 5 aliphatic carbocycles. The second kappa shape index (κ2) is 42.1. The monoisotopic (exact) mass is 1930 g/mol. The van der Waals surface area contributed by atoms with Crippen molar-refractivity contribution in [3.63, 3.8) is 0 Å². The smallest absolute Gasteiger partial charge is 0.333 e. The Morgan fingerprint density at radius 2 is 0.790 bits per heavy atom. The van der Waals surface area contributed by atoms with Gasteiger partial charge in [-0.1, -0.05) is 91.0 Å². The number of nitrogens with one attached hydrogen (secondary N) is 7. The van der Waals surface area contributed by atoms with Crippen LogP contribution in [0.25, 0.3) is 45.0 Å². The van der Waals surface area contributed by atoms with E-state index < -0.39 is 98.5 Å². The average molecular weight is 1930 g/mol. The maximum atomic E-state index is 13.6. The number of aromatic nitrogens is 4. The van der Waals surface area contributed by atoms with Crippen LogP contribution < -0.4 is 42.7 Å². The van der Waals surface area contributed by atoms with E-state index in [1.165, 1.54) is 97.1 Å². The molecule has 13 N–H and O–H groups in total.